The average Bonchev–Trinajstić information content (AvgIpc) is 2.58. The van der Waals surface area contributed by atoms with E-state index in [1.807, 2.05) is 0 Å². The normalized spacial score (nSPS) is 16.8. The van der Waals surface area contributed by atoms with Crippen LogP contribution in [0, 0.1) is 0 Å². The number of halogens is 9. The van der Waals surface area contributed by atoms with Crippen LogP contribution in [-0.2, 0) is 10.9 Å². The molecule has 1 aliphatic heterocycles. The lowest BCUT2D eigenvalue weighted by atomic mass is 10.1. The van der Waals surface area contributed by atoms with E-state index in [1.54, 1.807) is 0 Å². The lowest BCUT2D eigenvalue weighted by molar-refractivity contribution is -0.308. The van der Waals surface area contributed by atoms with E-state index in [-0.39, 0.29) is 31.7 Å². The highest BCUT2D eigenvalue weighted by atomic mass is 19.4. The van der Waals surface area contributed by atoms with Crippen LogP contribution in [0.15, 0.2) is 18.3 Å². The predicted octanol–water partition coefficient (Wildman–Crippen LogP) is 4.61. The summed E-state index contributed by atoms with van der Waals surface area (Å²) < 4.78 is 116. The van der Waals surface area contributed by atoms with E-state index < -0.39 is 42.3 Å². The Kier molecular flexibility index (Phi) is 6.42. The first kappa shape index (κ1) is 22.9. The summed E-state index contributed by atoms with van der Waals surface area (Å²) in [5.74, 6) is 0.105. The van der Waals surface area contributed by atoms with Crippen molar-refractivity contribution in [2.75, 3.05) is 18.4 Å². The third kappa shape index (κ3) is 6.29. The molecule has 2 rings (SSSR count). The number of carbonyl (C=O) groups is 1. The average molecular weight is 439 g/mol. The van der Waals surface area contributed by atoms with Crippen LogP contribution in [-0.4, -0.2) is 53.6 Å². The number of nitrogens with zero attached hydrogens (tertiary/aromatic N) is 2. The van der Waals surface area contributed by atoms with Crippen molar-refractivity contribution < 1.29 is 49.0 Å². The minimum absolute atomic E-state index is 0.105. The summed E-state index contributed by atoms with van der Waals surface area (Å²) >= 11 is 0. The van der Waals surface area contributed by atoms with Gasteiger partial charge in [-0.1, -0.05) is 0 Å². The van der Waals surface area contributed by atoms with Gasteiger partial charge in [0, 0.05) is 25.3 Å². The third-order valence-corrected chi connectivity index (χ3v) is 4.01. The number of aromatic nitrogens is 1. The molecular formula is C15H14F9N3O2. The number of pyridine rings is 1. The van der Waals surface area contributed by atoms with Crippen molar-refractivity contribution in [1.82, 2.24) is 9.88 Å². The number of hydrogen-bond acceptors (Lipinski definition) is 4. The van der Waals surface area contributed by atoms with Crippen molar-refractivity contribution in [3.63, 3.8) is 0 Å². The quantitative estimate of drug-likeness (QED) is 0.700. The van der Waals surface area contributed by atoms with E-state index in [0.29, 0.717) is 11.1 Å². The molecule has 29 heavy (non-hydrogen) atoms. The van der Waals surface area contributed by atoms with E-state index in [9.17, 15) is 44.3 Å². The van der Waals surface area contributed by atoms with E-state index >= 15 is 0 Å². The molecule has 164 valence electrons. The minimum atomic E-state index is -5.80. The number of piperidine rings is 1. The molecular weight excluding hydrogens is 425 g/mol. The van der Waals surface area contributed by atoms with Gasteiger partial charge in [0.1, 0.15) is 5.82 Å². The van der Waals surface area contributed by atoms with Gasteiger partial charge in [0.05, 0.1) is 5.56 Å². The fraction of sp³-hybridized carbons (Fsp3) is 0.600. The van der Waals surface area contributed by atoms with Gasteiger partial charge in [-0.15, -0.1) is 0 Å². The molecule has 0 radical (unpaired) electrons. The van der Waals surface area contributed by atoms with Crippen molar-refractivity contribution in [2.45, 2.75) is 43.5 Å². The molecule has 0 aliphatic carbocycles. The molecule has 14 heteroatoms. The maximum Gasteiger partial charge on any atom is 0.434 e. The van der Waals surface area contributed by atoms with E-state index in [0.717, 1.165) is 12.1 Å². The second kappa shape index (κ2) is 8.14. The maximum absolute atomic E-state index is 12.5. The van der Waals surface area contributed by atoms with Crippen LogP contribution in [0.3, 0.4) is 0 Å². The van der Waals surface area contributed by atoms with E-state index in [1.165, 1.54) is 0 Å². The molecule has 1 aliphatic rings. The van der Waals surface area contributed by atoms with Crippen LogP contribution in [0.25, 0.3) is 0 Å². The van der Waals surface area contributed by atoms with Gasteiger partial charge in [0.2, 0.25) is 0 Å². The third-order valence-electron chi connectivity index (χ3n) is 4.01. The molecule has 1 aromatic rings. The lowest BCUT2D eigenvalue weighted by Crippen LogP contribution is -2.50. The van der Waals surface area contributed by atoms with E-state index in [4.69, 9.17) is 0 Å². The predicted molar refractivity (Wildman–Crippen MR) is 79.8 cm³/mol. The highest BCUT2D eigenvalue weighted by Crippen LogP contribution is 2.36. The molecule has 0 bridgehead atoms. The molecule has 0 unspecified atom stereocenters. The summed E-state index contributed by atoms with van der Waals surface area (Å²) in [7, 11) is 0. The van der Waals surface area contributed by atoms with Crippen LogP contribution in [0.4, 0.5) is 50.1 Å². The Morgan fingerprint density at radius 3 is 2.00 bits per heavy atom. The zero-order valence-electron chi connectivity index (χ0n) is 14.3. The first-order valence-electron chi connectivity index (χ1n) is 8.06. The number of amides is 1. The van der Waals surface area contributed by atoms with Gasteiger partial charge >= 0.3 is 24.6 Å². The first-order chi connectivity index (χ1) is 13.2. The van der Waals surface area contributed by atoms with Gasteiger partial charge in [-0.2, -0.15) is 39.5 Å². The minimum Gasteiger partial charge on any atom is -0.426 e. The first-order valence-corrected chi connectivity index (χ1v) is 8.06. The van der Waals surface area contributed by atoms with Crippen molar-refractivity contribution >= 4 is 11.9 Å². The number of rotatable bonds is 3. The molecule has 1 N–H and O–H groups in total. The second-order valence-corrected chi connectivity index (χ2v) is 6.18. The van der Waals surface area contributed by atoms with Crippen molar-refractivity contribution in [3.8, 4) is 0 Å². The topological polar surface area (TPSA) is 54.5 Å². The Hall–Kier alpha value is -2.41. The number of likely N-dealkylation sites (tertiary alicyclic amines) is 1. The van der Waals surface area contributed by atoms with Crippen LogP contribution >= 0.6 is 0 Å². The highest BCUT2D eigenvalue weighted by Gasteiger charge is 2.60. The summed E-state index contributed by atoms with van der Waals surface area (Å²) in [6, 6.07) is 1.49. The molecule has 0 spiro atoms. The van der Waals surface area contributed by atoms with Crippen LogP contribution < -0.4 is 5.32 Å². The number of ether oxygens (including phenoxy) is 1. The fourth-order valence-corrected chi connectivity index (χ4v) is 2.56. The Morgan fingerprint density at radius 2 is 1.59 bits per heavy atom. The molecule has 2 heterocycles. The highest BCUT2D eigenvalue weighted by molar-refractivity contribution is 5.68. The van der Waals surface area contributed by atoms with Crippen LogP contribution in [0.2, 0.25) is 0 Å². The Morgan fingerprint density at radius 1 is 1.03 bits per heavy atom. The van der Waals surface area contributed by atoms with Gasteiger partial charge in [-0.25, -0.2) is 9.78 Å². The van der Waals surface area contributed by atoms with Gasteiger partial charge in [-0.3, -0.25) is 0 Å². The monoisotopic (exact) mass is 439 g/mol. The van der Waals surface area contributed by atoms with Gasteiger partial charge in [-0.05, 0) is 25.0 Å². The van der Waals surface area contributed by atoms with Crippen molar-refractivity contribution in [3.05, 3.63) is 23.9 Å². The van der Waals surface area contributed by atoms with E-state index in [2.05, 4.69) is 15.0 Å². The summed E-state index contributed by atoms with van der Waals surface area (Å²) in [6.45, 7) is -0.418. The smallest absolute Gasteiger partial charge is 0.426 e. The SMILES string of the molecule is O=C(OC(C(F)(F)F)C(F)(F)F)N1CCC(Nc2ccc(C(F)(F)F)cn2)CC1. The molecule has 5 nitrogen and oxygen atoms in total. The Labute approximate surface area is 157 Å². The zero-order valence-corrected chi connectivity index (χ0v) is 14.3. The number of carbonyl (C=O) groups excluding carboxylic acids is 1. The summed E-state index contributed by atoms with van der Waals surface area (Å²) in [5.41, 5.74) is -0.954. The number of nitrogens with one attached hydrogen (secondary N) is 1. The van der Waals surface area contributed by atoms with Gasteiger partial charge in [0.15, 0.2) is 0 Å². The lowest BCUT2D eigenvalue weighted by Gasteiger charge is -2.33. The Bertz CT molecular complexity index is 679. The molecule has 1 fully saturated rings. The number of alkyl halides is 9. The molecule has 0 saturated carbocycles. The second-order valence-electron chi connectivity index (χ2n) is 6.18. The number of hydrogen-bond donors (Lipinski definition) is 1. The maximum atomic E-state index is 12.5. The molecule has 0 aromatic carbocycles. The largest absolute Gasteiger partial charge is 0.434 e. The van der Waals surface area contributed by atoms with Crippen LogP contribution in [0.5, 0.6) is 0 Å². The summed E-state index contributed by atoms with van der Waals surface area (Å²) in [5, 5.41) is 2.79. The molecule has 1 saturated heterocycles. The van der Waals surface area contributed by atoms with Crippen molar-refractivity contribution in [1.29, 1.82) is 0 Å². The fourth-order valence-electron chi connectivity index (χ4n) is 2.56. The molecule has 0 atom stereocenters. The zero-order chi connectivity index (χ0) is 22.0. The van der Waals surface area contributed by atoms with Gasteiger partial charge < -0.3 is 15.0 Å². The Balaban J connectivity index is 1.89. The summed E-state index contributed by atoms with van der Waals surface area (Å²) in [4.78, 5) is 16.0. The standard InChI is InChI=1S/C15H14F9N3O2/c16-13(17,18)8-1-2-10(25-7-8)26-9-3-5-27(6-4-9)12(28)29-11(14(19,20)21)15(22,23)24/h1-2,7,9,11H,3-6H2,(H,25,26). The van der Waals surface area contributed by atoms with Gasteiger partial charge in [0.25, 0.3) is 6.10 Å². The van der Waals surface area contributed by atoms with Crippen molar-refractivity contribution in [2.24, 2.45) is 0 Å². The molecule has 1 aromatic heterocycles. The van der Waals surface area contributed by atoms with Crippen LogP contribution in [0.1, 0.15) is 18.4 Å². The molecule has 1 amide bonds. The summed E-state index contributed by atoms with van der Waals surface area (Å²) in [6.07, 6.45) is -21.3. The number of anilines is 1.